The van der Waals surface area contributed by atoms with Gasteiger partial charge in [-0.15, -0.1) is 6.58 Å². The molecule has 1 aliphatic rings. The molecule has 1 aliphatic heterocycles. The molecule has 0 aromatic heterocycles. The van der Waals surface area contributed by atoms with Crippen molar-refractivity contribution >= 4 is 0 Å². The molecule has 1 rings (SSSR count). The van der Waals surface area contributed by atoms with Crippen molar-refractivity contribution in [3.05, 3.63) is 12.7 Å². The summed E-state index contributed by atoms with van der Waals surface area (Å²) in [6.07, 6.45) is 3.59. The number of ether oxygens (including phenoxy) is 1. The average molecular weight is 166 g/mol. The van der Waals surface area contributed by atoms with Crippen molar-refractivity contribution in [2.24, 2.45) is 0 Å². The number of nitrogens with one attached hydrogen (secondary N) is 1. The van der Waals surface area contributed by atoms with E-state index in [0.29, 0.717) is 13.2 Å². The second kappa shape index (κ2) is 4.24. The fourth-order valence-corrected chi connectivity index (χ4v) is 1.33. The minimum absolute atomic E-state index is 0.466. The summed E-state index contributed by atoms with van der Waals surface area (Å²) in [6.45, 7) is 5.54. The van der Waals surface area contributed by atoms with Crippen LogP contribution in [0.2, 0.25) is 0 Å². The van der Waals surface area contributed by atoms with Crippen LogP contribution in [0.15, 0.2) is 12.7 Å². The van der Waals surface area contributed by atoms with Crippen LogP contribution in [0.5, 0.6) is 0 Å². The molecular weight excluding hydrogens is 152 g/mol. The lowest BCUT2D eigenvalue weighted by Gasteiger charge is -2.31. The molecule has 0 aliphatic carbocycles. The van der Waals surface area contributed by atoms with Crippen molar-refractivity contribution in [3.63, 3.8) is 0 Å². The van der Waals surface area contributed by atoms with Gasteiger partial charge in [0.25, 0.3) is 0 Å². The lowest BCUT2D eigenvalue weighted by Crippen LogP contribution is -2.50. The highest BCUT2D eigenvalue weighted by Crippen LogP contribution is 2.17. The van der Waals surface area contributed by atoms with Gasteiger partial charge in [0.2, 0.25) is 0 Å². The molecule has 1 unspecified atom stereocenters. The maximum absolute atomic E-state index is 8.94. The Hall–Kier alpha value is -0.850. The first-order chi connectivity index (χ1) is 5.83. The number of rotatable bonds is 3. The van der Waals surface area contributed by atoms with E-state index in [1.165, 1.54) is 0 Å². The Bertz CT molecular complexity index is 189. The smallest absolute Gasteiger partial charge is 0.130 e. The van der Waals surface area contributed by atoms with Crippen molar-refractivity contribution in [1.29, 1.82) is 5.26 Å². The minimum Gasteiger partial charge on any atom is -0.378 e. The van der Waals surface area contributed by atoms with E-state index in [0.717, 1.165) is 19.4 Å². The Morgan fingerprint density at radius 2 is 2.58 bits per heavy atom. The van der Waals surface area contributed by atoms with Crippen LogP contribution in [0.3, 0.4) is 0 Å². The molecule has 1 N–H and O–H groups in total. The van der Waals surface area contributed by atoms with Crippen LogP contribution < -0.4 is 5.32 Å². The van der Waals surface area contributed by atoms with Gasteiger partial charge >= 0.3 is 0 Å². The second-order valence-electron chi connectivity index (χ2n) is 3.02. The van der Waals surface area contributed by atoms with Crippen molar-refractivity contribution in [3.8, 4) is 6.07 Å². The van der Waals surface area contributed by atoms with Gasteiger partial charge < -0.3 is 4.74 Å². The quantitative estimate of drug-likeness (QED) is 0.632. The molecule has 3 nitrogen and oxygen atoms in total. The van der Waals surface area contributed by atoms with Gasteiger partial charge in [0.1, 0.15) is 5.54 Å². The third kappa shape index (κ3) is 2.07. The zero-order valence-corrected chi connectivity index (χ0v) is 7.18. The zero-order valence-electron chi connectivity index (χ0n) is 7.18. The second-order valence-corrected chi connectivity index (χ2v) is 3.02. The van der Waals surface area contributed by atoms with Gasteiger partial charge in [-0.25, -0.2) is 0 Å². The van der Waals surface area contributed by atoms with E-state index in [1.807, 2.05) is 0 Å². The standard InChI is InChI=1S/C9H14N2O/c1-2-5-11-9(7-10)4-3-6-12-8-9/h2,11H,1,3-6,8H2. The summed E-state index contributed by atoms with van der Waals surface area (Å²) in [7, 11) is 0. The van der Waals surface area contributed by atoms with E-state index < -0.39 is 5.54 Å². The van der Waals surface area contributed by atoms with Gasteiger partial charge in [0, 0.05) is 13.2 Å². The number of hydrogen-bond acceptors (Lipinski definition) is 3. The van der Waals surface area contributed by atoms with Gasteiger partial charge in [-0.05, 0) is 12.8 Å². The number of hydrogen-bond donors (Lipinski definition) is 1. The highest BCUT2D eigenvalue weighted by Gasteiger charge is 2.31. The summed E-state index contributed by atoms with van der Waals surface area (Å²) < 4.78 is 5.25. The monoisotopic (exact) mass is 166 g/mol. The van der Waals surface area contributed by atoms with E-state index in [2.05, 4.69) is 18.0 Å². The Morgan fingerprint density at radius 3 is 3.08 bits per heavy atom. The number of nitriles is 1. The van der Waals surface area contributed by atoms with Crippen LogP contribution in [-0.2, 0) is 4.74 Å². The largest absolute Gasteiger partial charge is 0.378 e. The molecule has 0 aromatic rings. The Labute approximate surface area is 73.0 Å². The van der Waals surface area contributed by atoms with E-state index >= 15 is 0 Å². The van der Waals surface area contributed by atoms with Crippen LogP contribution >= 0.6 is 0 Å². The third-order valence-corrected chi connectivity index (χ3v) is 2.04. The van der Waals surface area contributed by atoms with Crippen LogP contribution in [-0.4, -0.2) is 25.3 Å². The van der Waals surface area contributed by atoms with Gasteiger partial charge in [-0.2, -0.15) is 5.26 Å². The zero-order chi connectivity index (χ0) is 8.86. The SMILES string of the molecule is C=CCNC1(C#N)CCCOC1. The summed E-state index contributed by atoms with van der Waals surface area (Å²) in [4.78, 5) is 0. The molecule has 0 aromatic carbocycles. The third-order valence-electron chi connectivity index (χ3n) is 2.04. The van der Waals surface area contributed by atoms with Crippen molar-refractivity contribution in [1.82, 2.24) is 5.32 Å². The highest BCUT2D eigenvalue weighted by molar-refractivity contribution is 5.09. The van der Waals surface area contributed by atoms with Crippen molar-refractivity contribution in [2.45, 2.75) is 18.4 Å². The molecule has 0 amide bonds. The first-order valence-electron chi connectivity index (χ1n) is 4.18. The number of nitrogens with zero attached hydrogens (tertiary/aromatic N) is 1. The molecule has 0 radical (unpaired) electrons. The Kier molecular flexibility index (Phi) is 3.27. The minimum atomic E-state index is -0.466. The maximum atomic E-state index is 8.94. The molecule has 12 heavy (non-hydrogen) atoms. The predicted octanol–water partition coefficient (Wildman–Crippen LogP) is 0.835. The van der Waals surface area contributed by atoms with E-state index in [9.17, 15) is 0 Å². The summed E-state index contributed by atoms with van der Waals surface area (Å²) in [5.74, 6) is 0. The Balaban J connectivity index is 2.49. The predicted molar refractivity (Wildman–Crippen MR) is 46.6 cm³/mol. The van der Waals surface area contributed by atoms with Crippen LogP contribution in [0.25, 0.3) is 0 Å². The van der Waals surface area contributed by atoms with Gasteiger partial charge in [0.15, 0.2) is 0 Å². The molecule has 66 valence electrons. The summed E-state index contributed by atoms with van der Waals surface area (Å²) in [5, 5.41) is 12.1. The first kappa shape index (κ1) is 9.24. The summed E-state index contributed by atoms with van der Waals surface area (Å²) in [6, 6.07) is 2.27. The van der Waals surface area contributed by atoms with Gasteiger partial charge in [-0.1, -0.05) is 6.08 Å². The Morgan fingerprint density at radius 1 is 1.75 bits per heavy atom. The molecule has 3 heteroatoms. The fourth-order valence-electron chi connectivity index (χ4n) is 1.33. The van der Waals surface area contributed by atoms with Crippen molar-refractivity contribution in [2.75, 3.05) is 19.8 Å². The molecule has 1 fully saturated rings. The van der Waals surface area contributed by atoms with Crippen molar-refractivity contribution < 1.29 is 4.74 Å². The average Bonchev–Trinajstić information content (AvgIpc) is 2.16. The summed E-state index contributed by atoms with van der Waals surface area (Å²) >= 11 is 0. The normalized spacial score (nSPS) is 29.2. The van der Waals surface area contributed by atoms with Gasteiger partial charge in [0.05, 0.1) is 12.7 Å². The van der Waals surface area contributed by atoms with Crippen LogP contribution in [0.4, 0.5) is 0 Å². The molecule has 0 bridgehead atoms. The molecule has 0 saturated carbocycles. The molecule has 1 heterocycles. The van der Waals surface area contributed by atoms with Crippen LogP contribution in [0.1, 0.15) is 12.8 Å². The highest BCUT2D eigenvalue weighted by atomic mass is 16.5. The fraction of sp³-hybridized carbons (Fsp3) is 0.667. The van der Waals surface area contributed by atoms with Crippen LogP contribution in [0, 0.1) is 11.3 Å². The molecule has 1 saturated heterocycles. The molecular formula is C9H14N2O. The van der Waals surface area contributed by atoms with E-state index in [4.69, 9.17) is 10.00 Å². The lowest BCUT2D eigenvalue weighted by molar-refractivity contribution is 0.0458. The lowest BCUT2D eigenvalue weighted by atomic mass is 9.94. The maximum Gasteiger partial charge on any atom is 0.130 e. The molecule has 0 spiro atoms. The first-order valence-corrected chi connectivity index (χ1v) is 4.18. The van der Waals surface area contributed by atoms with E-state index in [-0.39, 0.29) is 0 Å². The topological polar surface area (TPSA) is 45.0 Å². The van der Waals surface area contributed by atoms with E-state index in [1.54, 1.807) is 6.08 Å². The van der Waals surface area contributed by atoms with Gasteiger partial charge in [-0.3, -0.25) is 5.32 Å². The molecule has 1 atom stereocenters. The summed E-state index contributed by atoms with van der Waals surface area (Å²) in [5.41, 5.74) is -0.466.